The van der Waals surface area contributed by atoms with Gasteiger partial charge in [-0.3, -0.25) is 20.2 Å². The molecule has 0 atom stereocenters. The molecule has 31 heavy (non-hydrogen) atoms. The topological polar surface area (TPSA) is 86.3 Å². The molecule has 0 saturated heterocycles. The van der Waals surface area contributed by atoms with Crippen LogP contribution in [0.25, 0.3) is 11.1 Å². The van der Waals surface area contributed by atoms with Gasteiger partial charge in [-0.25, -0.2) is 0 Å². The van der Waals surface area contributed by atoms with Gasteiger partial charge in [0, 0.05) is 24.3 Å². The Morgan fingerprint density at radius 3 is 1.23 bits per heavy atom. The maximum Gasteiger partial charge on any atom is 0.269 e. The zero-order valence-electron chi connectivity index (χ0n) is 16.3. The highest BCUT2D eigenvalue weighted by Gasteiger charge is 2.46. The molecule has 0 aromatic heterocycles. The van der Waals surface area contributed by atoms with E-state index in [1.807, 2.05) is 24.3 Å². The number of non-ortho nitro benzene ring substituents is 2. The molecular weight excluding hydrogens is 392 g/mol. The lowest BCUT2D eigenvalue weighted by Crippen LogP contribution is -2.28. The van der Waals surface area contributed by atoms with Gasteiger partial charge in [0.25, 0.3) is 11.4 Å². The second kappa shape index (κ2) is 6.88. The molecule has 0 amide bonds. The first-order chi connectivity index (χ1) is 15.0. The summed E-state index contributed by atoms with van der Waals surface area (Å²) >= 11 is 0. The lowest BCUT2D eigenvalue weighted by atomic mass is 9.67. The highest BCUT2D eigenvalue weighted by molar-refractivity contribution is 5.86. The molecule has 0 fully saturated rings. The minimum absolute atomic E-state index is 0.0159. The minimum atomic E-state index is -0.739. The van der Waals surface area contributed by atoms with Crippen molar-refractivity contribution in [1.29, 1.82) is 0 Å². The van der Waals surface area contributed by atoms with Crippen molar-refractivity contribution in [1.82, 2.24) is 0 Å². The first-order valence-electron chi connectivity index (χ1n) is 9.72. The third-order valence-electron chi connectivity index (χ3n) is 5.97. The SMILES string of the molecule is O=[N+]([O-])c1ccc(C2(c3ccc([N+](=O)[O-])cc3)c3ccccc3-c3ccccc32)cc1. The summed E-state index contributed by atoms with van der Waals surface area (Å²) in [5, 5.41) is 22.4. The van der Waals surface area contributed by atoms with Crippen LogP contribution in [-0.2, 0) is 5.41 Å². The number of nitro benzene ring substituents is 2. The van der Waals surface area contributed by atoms with E-state index in [4.69, 9.17) is 0 Å². The van der Waals surface area contributed by atoms with E-state index in [1.165, 1.54) is 24.3 Å². The van der Waals surface area contributed by atoms with E-state index in [9.17, 15) is 20.2 Å². The fourth-order valence-corrected chi connectivity index (χ4v) is 4.69. The molecule has 0 radical (unpaired) electrons. The number of benzene rings is 4. The maximum absolute atomic E-state index is 11.2. The van der Waals surface area contributed by atoms with Gasteiger partial charge >= 0.3 is 0 Å². The normalized spacial score (nSPS) is 13.3. The molecule has 0 unspecified atom stereocenters. The number of hydrogen-bond donors (Lipinski definition) is 0. The Kier molecular flexibility index (Phi) is 4.15. The quantitative estimate of drug-likeness (QED) is 0.275. The summed E-state index contributed by atoms with van der Waals surface area (Å²) < 4.78 is 0. The summed E-state index contributed by atoms with van der Waals surface area (Å²) in [4.78, 5) is 21.6. The molecule has 0 spiro atoms. The molecular formula is C25H16N2O4. The first-order valence-corrected chi connectivity index (χ1v) is 9.72. The number of fused-ring (bicyclic) bond motifs is 3. The Hall–Kier alpha value is -4.32. The molecule has 0 saturated carbocycles. The fraction of sp³-hybridized carbons (Fsp3) is 0.0400. The predicted molar refractivity (Wildman–Crippen MR) is 117 cm³/mol. The highest BCUT2D eigenvalue weighted by atomic mass is 16.6. The Labute approximate surface area is 177 Å². The maximum atomic E-state index is 11.2. The van der Waals surface area contributed by atoms with Gasteiger partial charge in [0.15, 0.2) is 0 Å². The summed E-state index contributed by atoms with van der Waals surface area (Å²) in [6.45, 7) is 0. The Morgan fingerprint density at radius 2 is 0.871 bits per heavy atom. The molecule has 0 bridgehead atoms. The average molecular weight is 408 g/mol. The highest BCUT2D eigenvalue weighted by Crippen LogP contribution is 2.56. The largest absolute Gasteiger partial charge is 0.269 e. The minimum Gasteiger partial charge on any atom is -0.258 e. The summed E-state index contributed by atoms with van der Waals surface area (Å²) in [6.07, 6.45) is 0. The van der Waals surface area contributed by atoms with Gasteiger partial charge in [0.1, 0.15) is 0 Å². The molecule has 6 heteroatoms. The summed E-state index contributed by atoms with van der Waals surface area (Å²) in [6, 6.07) is 29.3. The number of nitrogens with zero attached hydrogens (tertiary/aromatic N) is 2. The number of hydrogen-bond acceptors (Lipinski definition) is 4. The fourth-order valence-electron chi connectivity index (χ4n) is 4.69. The van der Waals surface area contributed by atoms with Gasteiger partial charge in [-0.1, -0.05) is 72.8 Å². The van der Waals surface area contributed by atoms with Gasteiger partial charge in [0.2, 0.25) is 0 Å². The van der Waals surface area contributed by atoms with Crippen LogP contribution in [0.1, 0.15) is 22.3 Å². The predicted octanol–water partition coefficient (Wildman–Crippen LogP) is 5.87. The van der Waals surface area contributed by atoms with Crippen molar-refractivity contribution >= 4 is 11.4 Å². The molecule has 6 nitrogen and oxygen atoms in total. The summed E-state index contributed by atoms with van der Waals surface area (Å²) in [5.74, 6) is 0. The lowest BCUT2D eigenvalue weighted by molar-refractivity contribution is -0.385. The van der Waals surface area contributed by atoms with Gasteiger partial charge in [-0.2, -0.15) is 0 Å². The van der Waals surface area contributed by atoms with E-state index < -0.39 is 15.3 Å². The zero-order valence-corrected chi connectivity index (χ0v) is 16.3. The summed E-state index contributed by atoms with van der Waals surface area (Å²) in [7, 11) is 0. The molecule has 1 aliphatic rings. The van der Waals surface area contributed by atoms with Crippen molar-refractivity contribution in [3.8, 4) is 11.1 Å². The Morgan fingerprint density at radius 1 is 0.516 bits per heavy atom. The van der Waals surface area contributed by atoms with E-state index in [-0.39, 0.29) is 11.4 Å². The average Bonchev–Trinajstić information content (AvgIpc) is 3.11. The smallest absolute Gasteiger partial charge is 0.258 e. The second-order valence-corrected chi connectivity index (χ2v) is 7.45. The van der Waals surface area contributed by atoms with Crippen molar-refractivity contribution in [3.63, 3.8) is 0 Å². The summed E-state index contributed by atoms with van der Waals surface area (Å²) in [5.41, 5.74) is 5.26. The van der Waals surface area contributed by atoms with E-state index in [1.54, 1.807) is 24.3 Å². The van der Waals surface area contributed by atoms with Gasteiger partial charge in [-0.05, 0) is 33.4 Å². The van der Waals surface area contributed by atoms with Crippen LogP contribution in [0.3, 0.4) is 0 Å². The molecule has 0 heterocycles. The monoisotopic (exact) mass is 408 g/mol. The van der Waals surface area contributed by atoms with Crippen LogP contribution in [-0.4, -0.2) is 9.85 Å². The van der Waals surface area contributed by atoms with Crippen LogP contribution in [0.15, 0.2) is 97.1 Å². The number of nitro groups is 2. The molecule has 150 valence electrons. The lowest BCUT2D eigenvalue weighted by Gasteiger charge is -2.33. The third kappa shape index (κ3) is 2.65. The van der Waals surface area contributed by atoms with E-state index >= 15 is 0 Å². The van der Waals surface area contributed by atoms with Crippen molar-refractivity contribution in [2.24, 2.45) is 0 Å². The van der Waals surface area contributed by atoms with Crippen LogP contribution >= 0.6 is 0 Å². The Balaban J connectivity index is 1.86. The first kappa shape index (κ1) is 18.7. The van der Waals surface area contributed by atoms with Crippen molar-refractivity contribution in [2.75, 3.05) is 0 Å². The van der Waals surface area contributed by atoms with Crippen LogP contribution < -0.4 is 0 Å². The van der Waals surface area contributed by atoms with Gasteiger partial charge in [-0.15, -0.1) is 0 Å². The van der Waals surface area contributed by atoms with Gasteiger partial charge < -0.3 is 0 Å². The van der Waals surface area contributed by atoms with Crippen LogP contribution in [0.5, 0.6) is 0 Å². The molecule has 0 N–H and O–H groups in total. The molecule has 4 aromatic rings. The van der Waals surface area contributed by atoms with E-state index in [0.29, 0.717) is 0 Å². The Bertz CT molecular complexity index is 1220. The van der Waals surface area contributed by atoms with Gasteiger partial charge in [0.05, 0.1) is 15.3 Å². The zero-order chi connectivity index (χ0) is 21.6. The molecule has 5 rings (SSSR count). The van der Waals surface area contributed by atoms with Crippen molar-refractivity contribution in [3.05, 3.63) is 140 Å². The van der Waals surface area contributed by atoms with Crippen molar-refractivity contribution in [2.45, 2.75) is 5.41 Å². The van der Waals surface area contributed by atoms with Crippen molar-refractivity contribution < 1.29 is 9.85 Å². The number of rotatable bonds is 4. The third-order valence-corrected chi connectivity index (χ3v) is 5.97. The van der Waals surface area contributed by atoms with E-state index in [0.717, 1.165) is 33.4 Å². The standard InChI is InChI=1S/C25H16N2O4/c28-26(29)19-13-9-17(10-14-19)25(18-11-15-20(16-12-18)27(30)31)23-7-3-1-5-21(23)22-6-2-4-8-24(22)25/h1-16H. The molecule has 0 aliphatic heterocycles. The second-order valence-electron chi connectivity index (χ2n) is 7.45. The van der Waals surface area contributed by atoms with Crippen LogP contribution in [0.4, 0.5) is 11.4 Å². The molecule has 4 aromatic carbocycles. The van der Waals surface area contributed by atoms with Crippen LogP contribution in [0, 0.1) is 20.2 Å². The van der Waals surface area contributed by atoms with E-state index in [2.05, 4.69) is 24.3 Å². The molecule has 1 aliphatic carbocycles. The van der Waals surface area contributed by atoms with Crippen LogP contribution in [0.2, 0.25) is 0 Å².